The lowest BCUT2D eigenvalue weighted by Crippen LogP contribution is -2.40. The van der Waals surface area contributed by atoms with Crippen LogP contribution in [-0.4, -0.2) is 46.3 Å². The molecule has 1 unspecified atom stereocenters. The summed E-state index contributed by atoms with van der Waals surface area (Å²) in [6.07, 6.45) is 1.87. The normalized spacial score (nSPS) is 21.7. The first kappa shape index (κ1) is 16.0. The van der Waals surface area contributed by atoms with Gasteiger partial charge in [0.2, 0.25) is 11.8 Å². The maximum Gasteiger partial charge on any atom is 0.242 e. The van der Waals surface area contributed by atoms with Gasteiger partial charge in [-0.3, -0.25) is 9.59 Å². The standard InChI is InChI=1S/C15H16Cl2N2O2S/c16-11-4-3-10(6-12(11)17)13-2-1-5-19(13)14(20)7-18-9-22-8-15(18)21/h3-4,6,13H,1-2,5,7-9H2. The van der Waals surface area contributed by atoms with Crippen LogP contribution < -0.4 is 0 Å². The van der Waals surface area contributed by atoms with E-state index >= 15 is 0 Å². The summed E-state index contributed by atoms with van der Waals surface area (Å²) in [5.74, 6) is 1.13. The number of benzene rings is 1. The number of hydrogen-bond donors (Lipinski definition) is 0. The molecule has 2 fully saturated rings. The molecule has 4 nitrogen and oxygen atoms in total. The van der Waals surface area contributed by atoms with E-state index in [0.29, 0.717) is 21.7 Å². The van der Waals surface area contributed by atoms with Gasteiger partial charge in [-0.15, -0.1) is 11.8 Å². The lowest BCUT2D eigenvalue weighted by Gasteiger charge is -2.27. The highest BCUT2D eigenvalue weighted by Gasteiger charge is 2.32. The second-order valence-electron chi connectivity index (χ2n) is 5.49. The fourth-order valence-electron chi connectivity index (χ4n) is 2.93. The third kappa shape index (κ3) is 3.21. The van der Waals surface area contributed by atoms with Crippen molar-refractivity contribution in [1.29, 1.82) is 0 Å². The number of halogens is 2. The summed E-state index contributed by atoms with van der Waals surface area (Å²) in [4.78, 5) is 27.7. The Morgan fingerprint density at radius 1 is 1.32 bits per heavy atom. The minimum absolute atomic E-state index is 0.00409. The molecule has 2 saturated heterocycles. The fourth-order valence-corrected chi connectivity index (χ4v) is 4.14. The molecule has 0 N–H and O–H groups in total. The summed E-state index contributed by atoms with van der Waals surface area (Å²) in [6.45, 7) is 0.891. The lowest BCUT2D eigenvalue weighted by molar-refractivity contribution is -0.138. The number of likely N-dealkylation sites (tertiary alicyclic amines) is 1. The van der Waals surface area contributed by atoms with Gasteiger partial charge in [0, 0.05) is 6.54 Å². The predicted octanol–water partition coefficient (Wildman–Crippen LogP) is 3.19. The van der Waals surface area contributed by atoms with Gasteiger partial charge >= 0.3 is 0 Å². The molecule has 0 saturated carbocycles. The third-order valence-corrected chi connectivity index (χ3v) is 5.74. The molecule has 2 heterocycles. The van der Waals surface area contributed by atoms with E-state index in [0.717, 1.165) is 24.9 Å². The molecule has 22 heavy (non-hydrogen) atoms. The number of hydrogen-bond acceptors (Lipinski definition) is 3. The van der Waals surface area contributed by atoms with E-state index in [9.17, 15) is 9.59 Å². The Kier molecular flexibility index (Phi) is 4.85. The zero-order chi connectivity index (χ0) is 15.7. The van der Waals surface area contributed by atoms with Crippen LogP contribution in [0, 0.1) is 0 Å². The van der Waals surface area contributed by atoms with E-state index in [-0.39, 0.29) is 24.4 Å². The number of nitrogens with zero attached hydrogens (tertiary/aromatic N) is 2. The molecule has 1 aromatic carbocycles. The van der Waals surface area contributed by atoms with E-state index in [1.54, 1.807) is 22.7 Å². The summed E-state index contributed by atoms with van der Waals surface area (Å²) >= 11 is 13.6. The van der Waals surface area contributed by atoms with E-state index in [1.807, 2.05) is 17.0 Å². The minimum atomic E-state index is 0.00409. The van der Waals surface area contributed by atoms with Crippen LogP contribution >= 0.6 is 35.0 Å². The van der Waals surface area contributed by atoms with Crippen LogP contribution in [0.25, 0.3) is 0 Å². The van der Waals surface area contributed by atoms with E-state index in [4.69, 9.17) is 23.2 Å². The molecule has 0 bridgehead atoms. The van der Waals surface area contributed by atoms with Crippen molar-refractivity contribution in [3.63, 3.8) is 0 Å². The molecular formula is C15H16Cl2N2O2S. The Bertz CT molecular complexity index is 611. The molecule has 0 spiro atoms. The van der Waals surface area contributed by atoms with Gasteiger partial charge in [-0.2, -0.15) is 0 Å². The van der Waals surface area contributed by atoms with Gasteiger partial charge in [-0.25, -0.2) is 0 Å². The van der Waals surface area contributed by atoms with Gasteiger partial charge < -0.3 is 9.80 Å². The summed E-state index contributed by atoms with van der Waals surface area (Å²) in [5, 5.41) is 1.02. The first-order valence-electron chi connectivity index (χ1n) is 7.16. The van der Waals surface area contributed by atoms with Gasteiger partial charge in [0.25, 0.3) is 0 Å². The molecule has 1 atom stereocenters. The Hall–Kier alpha value is -0.910. The van der Waals surface area contributed by atoms with Crippen molar-refractivity contribution >= 4 is 46.8 Å². The van der Waals surface area contributed by atoms with Crippen molar-refractivity contribution in [2.24, 2.45) is 0 Å². The first-order chi connectivity index (χ1) is 10.6. The number of amides is 2. The highest BCUT2D eigenvalue weighted by atomic mass is 35.5. The smallest absolute Gasteiger partial charge is 0.242 e. The van der Waals surface area contributed by atoms with Gasteiger partial charge in [0.15, 0.2) is 0 Å². The Labute approximate surface area is 143 Å². The molecular weight excluding hydrogens is 343 g/mol. The number of rotatable bonds is 3. The van der Waals surface area contributed by atoms with Crippen LogP contribution in [0.4, 0.5) is 0 Å². The van der Waals surface area contributed by atoms with Crippen LogP contribution in [0.3, 0.4) is 0 Å². The number of carbonyl (C=O) groups excluding carboxylic acids is 2. The number of carbonyl (C=O) groups is 2. The highest BCUT2D eigenvalue weighted by molar-refractivity contribution is 8.00. The molecule has 1 aromatic rings. The van der Waals surface area contributed by atoms with Crippen molar-refractivity contribution < 1.29 is 9.59 Å². The fraction of sp³-hybridized carbons (Fsp3) is 0.467. The van der Waals surface area contributed by atoms with Gasteiger partial charge in [-0.05, 0) is 30.5 Å². The van der Waals surface area contributed by atoms with Crippen molar-refractivity contribution in [2.45, 2.75) is 18.9 Å². The summed E-state index contributed by atoms with van der Waals surface area (Å²) in [5.41, 5.74) is 1.00. The maximum atomic E-state index is 12.5. The topological polar surface area (TPSA) is 40.6 Å². The molecule has 7 heteroatoms. The van der Waals surface area contributed by atoms with Crippen molar-refractivity contribution in [3.8, 4) is 0 Å². The average molecular weight is 359 g/mol. The molecule has 0 radical (unpaired) electrons. The number of thioether (sulfide) groups is 1. The van der Waals surface area contributed by atoms with Crippen molar-refractivity contribution in [1.82, 2.24) is 9.80 Å². The average Bonchev–Trinajstić information content (AvgIpc) is 3.12. The third-order valence-electron chi connectivity index (χ3n) is 4.05. The Balaban J connectivity index is 1.73. The quantitative estimate of drug-likeness (QED) is 0.832. The molecule has 0 aliphatic carbocycles. The second kappa shape index (κ2) is 6.69. The van der Waals surface area contributed by atoms with Crippen molar-refractivity contribution in [2.75, 3.05) is 24.7 Å². The molecule has 2 amide bonds. The van der Waals surface area contributed by atoms with Crippen LogP contribution in [0.5, 0.6) is 0 Å². The largest absolute Gasteiger partial charge is 0.334 e. The van der Waals surface area contributed by atoms with Crippen LogP contribution in [-0.2, 0) is 9.59 Å². The van der Waals surface area contributed by atoms with Gasteiger partial charge in [-0.1, -0.05) is 29.3 Å². The van der Waals surface area contributed by atoms with Gasteiger partial charge in [0.05, 0.1) is 27.7 Å². The summed E-state index contributed by atoms with van der Waals surface area (Å²) in [7, 11) is 0. The highest BCUT2D eigenvalue weighted by Crippen LogP contribution is 2.35. The summed E-state index contributed by atoms with van der Waals surface area (Å²) < 4.78 is 0. The molecule has 3 rings (SSSR count). The minimum Gasteiger partial charge on any atom is -0.334 e. The Morgan fingerprint density at radius 3 is 2.82 bits per heavy atom. The zero-order valence-electron chi connectivity index (χ0n) is 11.9. The van der Waals surface area contributed by atoms with Gasteiger partial charge in [0.1, 0.15) is 6.54 Å². The second-order valence-corrected chi connectivity index (χ2v) is 7.26. The van der Waals surface area contributed by atoms with E-state index in [2.05, 4.69) is 0 Å². The van der Waals surface area contributed by atoms with Crippen LogP contribution in [0.2, 0.25) is 10.0 Å². The monoisotopic (exact) mass is 358 g/mol. The zero-order valence-corrected chi connectivity index (χ0v) is 14.3. The molecule has 2 aliphatic heterocycles. The van der Waals surface area contributed by atoms with Crippen molar-refractivity contribution in [3.05, 3.63) is 33.8 Å². The first-order valence-corrected chi connectivity index (χ1v) is 9.07. The molecule has 2 aliphatic rings. The van der Waals surface area contributed by atoms with E-state index in [1.165, 1.54) is 0 Å². The summed E-state index contributed by atoms with van der Waals surface area (Å²) in [6, 6.07) is 5.53. The Morgan fingerprint density at radius 2 is 2.14 bits per heavy atom. The van der Waals surface area contributed by atoms with Crippen LogP contribution in [0.1, 0.15) is 24.4 Å². The van der Waals surface area contributed by atoms with E-state index < -0.39 is 0 Å². The molecule has 0 aromatic heterocycles. The molecule has 118 valence electrons. The SMILES string of the molecule is O=C1CSCN1CC(=O)N1CCCC1c1ccc(Cl)c(Cl)c1. The maximum absolute atomic E-state index is 12.5. The van der Waals surface area contributed by atoms with Crippen LogP contribution in [0.15, 0.2) is 18.2 Å². The predicted molar refractivity (Wildman–Crippen MR) is 89.2 cm³/mol. The lowest BCUT2D eigenvalue weighted by atomic mass is 10.0.